The first-order chi connectivity index (χ1) is 2.27. The minimum Gasteiger partial charge on any atom is -1.00 e. The van der Waals surface area contributed by atoms with Gasteiger partial charge in [0.05, 0.1) is 0 Å². The molecule has 3 N–H and O–H groups in total. The fraction of sp³-hybridized carbons (Fsp3) is 0.500. The zero-order valence-electron chi connectivity index (χ0n) is 4.36. The fourth-order valence-electron chi connectivity index (χ4n) is 0. The van der Waals surface area contributed by atoms with Crippen molar-refractivity contribution in [2.75, 3.05) is 7.05 Å². The molecule has 5 heteroatoms. The molecule has 0 spiro atoms. The molecule has 0 aromatic carbocycles. The second-order valence-corrected chi connectivity index (χ2v) is 1.05. The second kappa shape index (κ2) is 10.1. The van der Waals surface area contributed by atoms with Crippen LogP contribution in [0.3, 0.4) is 0 Å². The van der Waals surface area contributed by atoms with Gasteiger partial charge in [0.25, 0.3) is 0 Å². The molecule has 0 heterocycles. The van der Waals surface area contributed by atoms with Crippen molar-refractivity contribution in [1.29, 1.82) is 0 Å². The summed E-state index contributed by atoms with van der Waals surface area (Å²) in [4.78, 5) is 0. The summed E-state index contributed by atoms with van der Waals surface area (Å²) >= 11 is 4.36. The predicted molar refractivity (Wildman–Crippen MR) is 25.8 cm³/mol. The van der Waals surface area contributed by atoms with Gasteiger partial charge in [0.1, 0.15) is 0 Å². The number of hydrogen-bond donors (Lipinski definition) is 2. The topological polar surface area (TPSA) is 38.0 Å². The molecule has 0 aliphatic carbocycles. The van der Waals surface area contributed by atoms with Crippen molar-refractivity contribution >= 4 is 17.3 Å². The zero-order chi connectivity index (χ0) is 4.28. The Morgan fingerprint density at radius 1 is 1.71 bits per heavy atom. The van der Waals surface area contributed by atoms with Crippen LogP contribution in [0.4, 0.5) is 0 Å². The summed E-state index contributed by atoms with van der Waals surface area (Å²) in [5, 5.41) is 2.88. The maximum Gasteiger partial charge on any atom is 1.00 e. The summed E-state index contributed by atoms with van der Waals surface area (Å²) in [5.41, 5.74) is 4.91. The molecule has 0 atom stereocenters. The fourth-order valence-corrected chi connectivity index (χ4v) is 0. The van der Waals surface area contributed by atoms with E-state index in [4.69, 9.17) is 5.73 Å². The predicted octanol–water partition coefficient (Wildman–Crippen LogP) is -6.54. The summed E-state index contributed by atoms with van der Waals surface area (Å²) in [5.74, 6) is 0. The van der Waals surface area contributed by atoms with E-state index in [1.807, 2.05) is 0 Å². The van der Waals surface area contributed by atoms with Crippen LogP contribution in [0.5, 0.6) is 0 Å². The van der Waals surface area contributed by atoms with Crippen LogP contribution < -0.4 is 53.0 Å². The van der Waals surface area contributed by atoms with Crippen molar-refractivity contribution in [3.8, 4) is 0 Å². The smallest absolute Gasteiger partial charge is 1.00 e. The van der Waals surface area contributed by atoms with Crippen LogP contribution in [0.2, 0.25) is 0 Å². The van der Waals surface area contributed by atoms with Crippen molar-refractivity contribution in [3.05, 3.63) is 0 Å². The number of hydrogen-bond acceptors (Lipinski definition) is 1. The van der Waals surface area contributed by atoms with Gasteiger partial charge in [-0.2, -0.15) is 0 Å². The number of rotatable bonds is 0. The average Bonchev–Trinajstić information content (AvgIpc) is 1.38. The molecule has 2 nitrogen and oxygen atoms in total. The summed E-state index contributed by atoms with van der Waals surface area (Å²) in [6.07, 6.45) is 0. The van der Waals surface area contributed by atoms with Crippen molar-refractivity contribution in [3.63, 3.8) is 0 Å². The Kier molecular flexibility index (Phi) is 22.5. The molecular formula is C2H6ClN2NaS. The van der Waals surface area contributed by atoms with Gasteiger partial charge in [-0.1, -0.05) is 0 Å². The van der Waals surface area contributed by atoms with E-state index in [-0.39, 0.29) is 42.0 Å². The van der Waals surface area contributed by atoms with Crippen molar-refractivity contribution < 1.29 is 42.0 Å². The van der Waals surface area contributed by atoms with Gasteiger partial charge in [0.2, 0.25) is 0 Å². The Balaban J connectivity index is -0.0000000800. The average molecular weight is 149 g/mol. The number of nitrogens with two attached hydrogens (primary N) is 1. The first-order valence-electron chi connectivity index (χ1n) is 1.24. The summed E-state index contributed by atoms with van der Waals surface area (Å²) in [7, 11) is 1.68. The van der Waals surface area contributed by atoms with Gasteiger partial charge in [-0.25, -0.2) is 0 Å². The van der Waals surface area contributed by atoms with E-state index < -0.39 is 0 Å². The Labute approximate surface area is 76.9 Å². The van der Waals surface area contributed by atoms with Gasteiger partial charge in [0.15, 0.2) is 5.11 Å². The van der Waals surface area contributed by atoms with E-state index in [9.17, 15) is 0 Å². The SMILES string of the molecule is CNC(N)=S.[Cl-].[Na+]. The van der Waals surface area contributed by atoms with Gasteiger partial charge in [-0.15, -0.1) is 0 Å². The van der Waals surface area contributed by atoms with E-state index in [0.717, 1.165) is 0 Å². The van der Waals surface area contributed by atoms with Crippen LogP contribution in [-0.2, 0) is 0 Å². The molecule has 0 saturated heterocycles. The van der Waals surface area contributed by atoms with Crippen LogP contribution in [0.1, 0.15) is 0 Å². The molecule has 0 unspecified atom stereocenters. The third-order valence-corrected chi connectivity index (χ3v) is 0.451. The molecule has 7 heavy (non-hydrogen) atoms. The molecule has 38 valence electrons. The number of halogens is 1. The Morgan fingerprint density at radius 3 is 1.86 bits per heavy atom. The number of thiocarbonyl (C=S) groups is 1. The molecule has 0 radical (unpaired) electrons. The minimum atomic E-state index is 0. The van der Waals surface area contributed by atoms with E-state index in [1.54, 1.807) is 7.05 Å². The molecular weight excluding hydrogens is 143 g/mol. The van der Waals surface area contributed by atoms with Crippen molar-refractivity contribution in [2.24, 2.45) is 5.73 Å². The van der Waals surface area contributed by atoms with Crippen LogP contribution in [0.25, 0.3) is 0 Å². The molecule has 0 fully saturated rings. The monoisotopic (exact) mass is 148 g/mol. The van der Waals surface area contributed by atoms with Crippen molar-refractivity contribution in [2.45, 2.75) is 0 Å². The third-order valence-electron chi connectivity index (χ3n) is 0.246. The first kappa shape index (κ1) is 15.7. The van der Waals surface area contributed by atoms with Gasteiger partial charge in [-0.3, -0.25) is 0 Å². The summed E-state index contributed by atoms with van der Waals surface area (Å²) < 4.78 is 0. The van der Waals surface area contributed by atoms with Gasteiger partial charge < -0.3 is 23.5 Å². The molecule has 0 aromatic rings. The zero-order valence-corrected chi connectivity index (χ0v) is 7.94. The first-order valence-corrected chi connectivity index (χ1v) is 1.65. The maximum absolute atomic E-state index is 4.91. The molecule has 0 aliphatic rings. The van der Waals surface area contributed by atoms with E-state index >= 15 is 0 Å². The van der Waals surface area contributed by atoms with Gasteiger partial charge in [0, 0.05) is 7.05 Å². The molecule has 0 rings (SSSR count). The van der Waals surface area contributed by atoms with Gasteiger partial charge >= 0.3 is 29.6 Å². The van der Waals surface area contributed by atoms with Crippen LogP contribution in [0.15, 0.2) is 0 Å². The largest absolute Gasteiger partial charge is 1.00 e. The Bertz CT molecular complexity index is 51.0. The van der Waals surface area contributed by atoms with E-state index in [2.05, 4.69) is 17.5 Å². The van der Waals surface area contributed by atoms with E-state index in [1.165, 1.54) is 0 Å². The molecule has 0 amide bonds. The van der Waals surface area contributed by atoms with Crippen LogP contribution >= 0.6 is 12.2 Å². The molecule has 0 saturated carbocycles. The molecule has 0 aromatic heterocycles. The molecule has 0 aliphatic heterocycles. The normalized spacial score (nSPS) is 4.71. The van der Waals surface area contributed by atoms with Crippen LogP contribution in [-0.4, -0.2) is 12.2 Å². The minimum absolute atomic E-state index is 0. The number of nitrogens with one attached hydrogen (secondary N) is 1. The molecule has 0 bridgehead atoms. The van der Waals surface area contributed by atoms with Gasteiger partial charge in [-0.05, 0) is 12.2 Å². The third kappa shape index (κ3) is 19.5. The Hall–Kier alpha value is 0.980. The van der Waals surface area contributed by atoms with Crippen molar-refractivity contribution in [1.82, 2.24) is 5.32 Å². The Morgan fingerprint density at radius 2 is 1.86 bits per heavy atom. The summed E-state index contributed by atoms with van der Waals surface area (Å²) in [6, 6.07) is 0. The summed E-state index contributed by atoms with van der Waals surface area (Å²) in [6.45, 7) is 0. The standard InChI is InChI=1S/C2H6N2S.ClH.Na/c1-4-2(3)5;;/h1H3,(H3,3,4,5);1H;/q;;+1/p-1. The van der Waals surface area contributed by atoms with E-state index in [0.29, 0.717) is 5.11 Å². The second-order valence-electron chi connectivity index (χ2n) is 0.614. The maximum atomic E-state index is 4.91. The van der Waals surface area contributed by atoms with Crippen LogP contribution in [0, 0.1) is 0 Å². The quantitative estimate of drug-likeness (QED) is 0.265.